The lowest BCUT2D eigenvalue weighted by Gasteiger charge is -2.40. The average molecular weight is 494 g/mol. The lowest BCUT2D eigenvalue weighted by Crippen LogP contribution is -2.51. The smallest absolute Gasteiger partial charge is 0.295 e. The number of rotatable bonds is 5. The number of benzene rings is 2. The Bertz CT molecular complexity index is 1380. The number of nitrogens with one attached hydrogen (secondary N) is 1. The largest absolute Gasteiger partial charge is 0.424 e. The minimum absolute atomic E-state index is 0.00630. The number of nitrogens with zero attached hydrogens (tertiary/aromatic N) is 4. The Morgan fingerprint density at radius 2 is 2.06 bits per heavy atom. The summed E-state index contributed by atoms with van der Waals surface area (Å²) in [4.78, 5) is 28.6. The van der Waals surface area contributed by atoms with Gasteiger partial charge in [-0.3, -0.25) is 4.79 Å². The number of carbonyl (C=O) groups is 1. The molecule has 7 nitrogen and oxygen atoms in total. The molecule has 180 valence electrons. The van der Waals surface area contributed by atoms with Gasteiger partial charge in [-0.25, -0.2) is 14.4 Å². The van der Waals surface area contributed by atoms with Crippen molar-refractivity contribution in [3.8, 4) is 11.4 Å². The summed E-state index contributed by atoms with van der Waals surface area (Å²) in [6, 6.07) is 10.1. The van der Waals surface area contributed by atoms with Gasteiger partial charge in [0, 0.05) is 36.1 Å². The molecule has 1 amide bonds. The molecule has 4 aromatic rings. The van der Waals surface area contributed by atoms with E-state index in [-0.39, 0.29) is 23.4 Å². The number of hydrogen-bond donors (Lipinski definition) is 1. The Hall–Kier alpha value is -3.52. The molecule has 0 spiro atoms. The number of likely N-dealkylation sites (tertiary alicyclic amines) is 1. The van der Waals surface area contributed by atoms with Crippen LogP contribution in [0.15, 0.2) is 53.2 Å². The lowest BCUT2D eigenvalue weighted by molar-refractivity contribution is 0.0535. The van der Waals surface area contributed by atoms with Crippen LogP contribution in [0.2, 0.25) is 5.02 Å². The second kappa shape index (κ2) is 9.62. The monoisotopic (exact) mass is 493 g/mol. The van der Waals surface area contributed by atoms with Gasteiger partial charge in [0.25, 0.3) is 11.9 Å². The predicted octanol–water partition coefficient (Wildman–Crippen LogP) is 5.74. The van der Waals surface area contributed by atoms with Crippen molar-refractivity contribution in [3.63, 3.8) is 0 Å². The van der Waals surface area contributed by atoms with E-state index in [9.17, 15) is 4.79 Å². The van der Waals surface area contributed by atoms with Gasteiger partial charge in [-0.2, -0.15) is 4.98 Å². The number of piperidine rings is 1. The van der Waals surface area contributed by atoms with E-state index in [0.29, 0.717) is 46.6 Å². The van der Waals surface area contributed by atoms with Gasteiger partial charge >= 0.3 is 0 Å². The molecular formula is C26H25ClFN5O2. The highest BCUT2D eigenvalue weighted by atomic mass is 35.5. The van der Waals surface area contributed by atoms with Gasteiger partial charge in [-0.05, 0) is 61.6 Å². The Morgan fingerprint density at radius 3 is 2.86 bits per heavy atom. The lowest BCUT2D eigenvalue weighted by atomic mass is 9.89. The fourth-order valence-electron chi connectivity index (χ4n) is 4.73. The molecule has 9 heteroatoms. The van der Waals surface area contributed by atoms with E-state index in [1.807, 2.05) is 6.92 Å². The van der Waals surface area contributed by atoms with Crippen molar-refractivity contribution in [3.05, 3.63) is 70.8 Å². The molecule has 1 saturated heterocycles. The standard InChI is InChI=1S/C26H25ClFN5O2/c1-15-5-3-12-33(20(15)14-31-26-32-19-13-17(27)7-9-21(19)35-26)25(34)23-18(28)8-6-16(2)22(23)24-29-10-4-11-30-24/h4,6-11,13,15,20H,3,5,12,14H2,1-2H3,(H,31,32). The maximum Gasteiger partial charge on any atom is 0.295 e. The van der Waals surface area contributed by atoms with Crippen molar-refractivity contribution in [1.82, 2.24) is 19.9 Å². The van der Waals surface area contributed by atoms with Gasteiger partial charge in [-0.1, -0.05) is 24.6 Å². The molecule has 35 heavy (non-hydrogen) atoms. The third kappa shape index (κ3) is 4.58. The van der Waals surface area contributed by atoms with Gasteiger partial charge < -0.3 is 14.6 Å². The van der Waals surface area contributed by atoms with E-state index in [2.05, 4.69) is 27.2 Å². The van der Waals surface area contributed by atoms with Crippen LogP contribution in [0.25, 0.3) is 22.5 Å². The molecule has 2 unspecified atom stereocenters. The van der Waals surface area contributed by atoms with E-state index >= 15 is 4.39 Å². The van der Waals surface area contributed by atoms with Crippen molar-refractivity contribution < 1.29 is 13.6 Å². The van der Waals surface area contributed by atoms with E-state index < -0.39 is 5.82 Å². The molecule has 2 aromatic heterocycles. The maximum atomic E-state index is 15.2. The number of amides is 1. The fourth-order valence-corrected chi connectivity index (χ4v) is 4.90. The summed E-state index contributed by atoms with van der Waals surface area (Å²) in [5, 5.41) is 3.81. The minimum Gasteiger partial charge on any atom is -0.424 e. The third-order valence-corrected chi connectivity index (χ3v) is 6.79. The van der Waals surface area contributed by atoms with Crippen LogP contribution in [-0.4, -0.2) is 44.9 Å². The van der Waals surface area contributed by atoms with Crippen molar-refractivity contribution in [2.75, 3.05) is 18.4 Å². The molecule has 1 fully saturated rings. The highest BCUT2D eigenvalue weighted by Gasteiger charge is 2.35. The summed E-state index contributed by atoms with van der Waals surface area (Å²) in [6.45, 7) is 4.88. The Morgan fingerprint density at radius 1 is 1.26 bits per heavy atom. The van der Waals surface area contributed by atoms with Crippen LogP contribution < -0.4 is 5.32 Å². The number of aryl methyl sites for hydroxylation is 1. The summed E-state index contributed by atoms with van der Waals surface area (Å²) in [6.07, 6.45) is 4.98. The summed E-state index contributed by atoms with van der Waals surface area (Å²) in [5.74, 6) is -0.416. The number of anilines is 1. The molecule has 1 N–H and O–H groups in total. The number of oxazole rings is 1. The molecule has 0 aliphatic carbocycles. The van der Waals surface area contributed by atoms with E-state index in [0.717, 1.165) is 18.4 Å². The molecular weight excluding hydrogens is 469 g/mol. The Labute approximate surface area is 207 Å². The van der Waals surface area contributed by atoms with Crippen molar-refractivity contribution in [1.29, 1.82) is 0 Å². The molecule has 3 heterocycles. The topological polar surface area (TPSA) is 84.2 Å². The Balaban J connectivity index is 1.45. The molecule has 1 aliphatic heterocycles. The summed E-state index contributed by atoms with van der Waals surface area (Å²) >= 11 is 6.05. The third-order valence-electron chi connectivity index (χ3n) is 6.55. The number of fused-ring (bicyclic) bond motifs is 1. The van der Waals surface area contributed by atoms with Gasteiger partial charge in [-0.15, -0.1) is 0 Å². The zero-order chi connectivity index (χ0) is 24.5. The van der Waals surface area contributed by atoms with Crippen molar-refractivity contribution in [2.24, 2.45) is 5.92 Å². The van der Waals surface area contributed by atoms with Crippen LogP contribution in [0, 0.1) is 18.7 Å². The molecule has 1 aliphatic rings. The van der Waals surface area contributed by atoms with Crippen molar-refractivity contribution >= 4 is 34.6 Å². The van der Waals surface area contributed by atoms with E-state index in [4.69, 9.17) is 16.0 Å². The normalized spacial score (nSPS) is 18.1. The highest BCUT2D eigenvalue weighted by Crippen LogP contribution is 2.32. The summed E-state index contributed by atoms with van der Waals surface area (Å²) in [5.41, 5.74) is 2.45. The molecule has 2 aromatic carbocycles. The first-order chi connectivity index (χ1) is 16.9. The summed E-state index contributed by atoms with van der Waals surface area (Å²) < 4.78 is 21.0. The van der Waals surface area contributed by atoms with Crippen LogP contribution in [0.3, 0.4) is 0 Å². The SMILES string of the molecule is Cc1ccc(F)c(C(=O)N2CCCC(C)C2CNc2nc3cc(Cl)ccc3o2)c1-c1ncccn1. The molecule has 0 bridgehead atoms. The van der Waals surface area contributed by atoms with Gasteiger partial charge in [0.1, 0.15) is 11.3 Å². The van der Waals surface area contributed by atoms with Crippen LogP contribution in [0.1, 0.15) is 35.7 Å². The predicted molar refractivity (Wildman–Crippen MR) is 133 cm³/mol. The van der Waals surface area contributed by atoms with Crippen LogP contribution in [0.4, 0.5) is 10.4 Å². The zero-order valence-corrected chi connectivity index (χ0v) is 20.2. The minimum atomic E-state index is -0.580. The highest BCUT2D eigenvalue weighted by molar-refractivity contribution is 6.31. The fraction of sp³-hybridized carbons (Fsp3) is 0.308. The number of carbonyl (C=O) groups excluding carboxylic acids is 1. The number of halogens is 2. The van der Waals surface area contributed by atoms with Crippen molar-refractivity contribution in [2.45, 2.75) is 32.7 Å². The summed E-state index contributed by atoms with van der Waals surface area (Å²) in [7, 11) is 0. The maximum absolute atomic E-state index is 15.2. The zero-order valence-electron chi connectivity index (χ0n) is 19.5. The second-order valence-corrected chi connectivity index (χ2v) is 9.32. The van der Waals surface area contributed by atoms with Crippen LogP contribution >= 0.6 is 11.6 Å². The number of hydrogen-bond acceptors (Lipinski definition) is 6. The van der Waals surface area contributed by atoms with E-state index in [1.165, 1.54) is 6.07 Å². The second-order valence-electron chi connectivity index (χ2n) is 8.88. The molecule has 0 radical (unpaired) electrons. The molecule has 5 rings (SSSR count). The quantitative estimate of drug-likeness (QED) is 0.381. The van der Waals surface area contributed by atoms with E-state index in [1.54, 1.807) is 47.6 Å². The molecule has 2 atom stereocenters. The van der Waals surface area contributed by atoms with Gasteiger partial charge in [0.15, 0.2) is 11.4 Å². The van der Waals surface area contributed by atoms with Crippen LogP contribution in [-0.2, 0) is 0 Å². The first kappa shape index (κ1) is 23.2. The van der Waals surface area contributed by atoms with Gasteiger partial charge in [0.05, 0.1) is 11.6 Å². The Kier molecular flexibility index (Phi) is 6.38. The van der Waals surface area contributed by atoms with Crippen LogP contribution in [0.5, 0.6) is 0 Å². The first-order valence-electron chi connectivity index (χ1n) is 11.6. The number of aromatic nitrogens is 3. The van der Waals surface area contributed by atoms with Gasteiger partial charge in [0.2, 0.25) is 0 Å². The first-order valence-corrected chi connectivity index (χ1v) is 12.0. The molecule has 0 saturated carbocycles. The average Bonchev–Trinajstić information content (AvgIpc) is 3.26.